The molecule has 2 saturated carbocycles. The number of carbonyl (C=O) groups is 3. The minimum absolute atomic E-state index is 0.0254. The first-order valence-corrected chi connectivity index (χ1v) is 9.40. The van der Waals surface area contributed by atoms with Crippen molar-refractivity contribution in [3.05, 3.63) is 29.8 Å². The molecule has 0 aliphatic heterocycles. The van der Waals surface area contributed by atoms with E-state index in [0.29, 0.717) is 30.0 Å². The van der Waals surface area contributed by atoms with Crippen LogP contribution in [0.5, 0.6) is 0 Å². The Bertz CT molecular complexity index is 686. The molecule has 0 bridgehead atoms. The van der Waals surface area contributed by atoms with Gasteiger partial charge in [0.1, 0.15) is 0 Å². The summed E-state index contributed by atoms with van der Waals surface area (Å²) in [5.74, 6) is -1.07. The van der Waals surface area contributed by atoms with Gasteiger partial charge in [0.25, 0.3) is 5.91 Å². The number of benzene rings is 1. The number of amides is 2. The van der Waals surface area contributed by atoms with Crippen LogP contribution in [0.4, 0.5) is 5.69 Å². The van der Waals surface area contributed by atoms with Crippen LogP contribution in [0.25, 0.3) is 0 Å². The minimum Gasteiger partial charge on any atom is -0.481 e. The van der Waals surface area contributed by atoms with Crippen LogP contribution in [-0.4, -0.2) is 28.9 Å². The van der Waals surface area contributed by atoms with Gasteiger partial charge in [-0.05, 0) is 49.4 Å². The molecule has 0 aromatic heterocycles. The van der Waals surface area contributed by atoms with E-state index in [0.717, 1.165) is 25.7 Å². The molecule has 4 atom stereocenters. The summed E-state index contributed by atoms with van der Waals surface area (Å²) < 4.78 is 0. The second-order valence-corrected chi connectivity index (χ2v) is 7.55. The molecule has 0 radical (unpaired) electrons. The quantitative estimate of drug-likeness (QED) is 0.705. The SMILES string of the molecule is CC1CC1C(=O)Nc1ccc(C(=O)N[C@H]2CCCCC[C@H]2C(=O)O)cc1. The van der Waals surface area contributed by atoms with Crippen LogP contribution < -0.4 is 10.6 Å². The van der Waals surface area contributed by atoms with Gasteiger partial charge in [0.15, 0.2) is 0 Å². The van der Waals surface area contributed by atoms with Crippen LogP contribution in [-0.2, 0) is 9.59 Å². The van der Waals surface area contributed by atoms with Crippen molar-refractivity contribution in [3.63, 3.8) is 0 Å². The number of carbonyl (C=O) groups excluding carboxylic acids is 2. The fourth-order valence-electron chi connectivity index (χ4n) is 3.66. The summed E-state index contributed by atoms with van der Waals surface area (Å²) in [5.41, 5.74) is 1.14. The first kappa shape index (κ1) is 18.4. The fraction of sp³-hybridized carbons (Fsp3) is 0.550. The first-order chi connectivity index (χ1) is 12.5. The molecule has 3 N–H and O–H groups in total. The molecule has 2 unspecified atom stereocenters. The number of aliphatic carboxylic acids is 1. The van der Waals surface area contributed by atoms with Gasteiger partial charge in [-0.15, -0.1) is 0 Å². The van der Waals surface area contributed by atoms with Crippen LogP contribution >= 0.6 is 0 Å². The maximum absolute atomic E-state index is 12.5. The zero-order chi connectivity index (χ0) is 18.7. The molecular weight excluding hydrogens is 332 g/mol. The van der Waals surface area contributed by atoms with Crippen LogP contribution in [0.15, 0.2) is 24.3 Å². The second-order valence-electron chi connectivity index (χ2n) is 7.55. The number of hydrogen-bond acceptors (Lipinski definition) is 3. The maximum atomic E-state index is 12.5. The molecule has 1 aromatic rings. The van der Waals surface area contributed by atoms with Crippen molar-refractivity contribution in [3.8, 4) is 0 Å². The van der Waals surface area contributed by atoms with E-state index in [4.69, 9.17) is 0 Å². The Labute approximate surface area is 153 Å². The largest absolute Gasteiger partial charge is 0.481 e. The fourth-order valence-corrected chi connectivity index (χ4v) is 3.66. The lowest BCUT2D eigenvalue weighted by Crippen LogP contribution is -2.42. The zero-order valence-electron chi connectivity index (χ0n) is 15.0. The minimum atomic E-state index is -0.843. The molecular formula is C20H26N2O4. The molecule has 0 saturated heterocycles. The van der Waals surface area contributed by atoms with Crippen molar-refractivity contribution in [2.75, 3.05) is 5.32 Å². The third-order valence-corrected chi connectivity index (χ3v) is 5.51. The highest BCUT2D eigenvalue weighted by Gasteiger charge is 2.39. The number of nitrogens with one attached hydrogen (secondary N) is 2. The van der Waals surface area contributed by atoms with E-state index in [1.54, 1.807) is 24.3 Å². The zero-order valence-corrected chi connectivity index (χ0v) is 15.0. The third kappa shape index (κ3) is 4.42. The van der Waals surface area contributed by atoms with E-state index < -0.39 is 11.9 Å². The van der Waals surface area contributed by atoms with Crippen molar-refractivity contribution < 1.29 is 19.5 Å². The lowest BCUT2D eigenvalue weighted by Gasteiger charge is -2.23. The van der Waals surface area contributed by atoms with Crippen LogP contribution in [0.2, 0.25) is 0 Å². The van der Waals surface area contributed by atoms with Crippen LogP contribution in [0, 0.1) is 17.8 Å². The number of carboxylic acids is 1. The summed E-state index contributed by atoms with van der Waals surface area (Å²) in [6, 6.07) is 6.41. The average molecular weight is 358 g/mol. The molecule has 3 rings (SSSR count). The summed E-state index contributed by atoms with van der Waals surface area (Å²) in [4.78, 5) is 35.9. The molecule has 0 spiro atoms. The average Bonchev–Trinajstić information content (AvgIpc) is 3.38. The van der Waals surface area contributed by atoms with Gasteiger partial charge in [0.2, 0.25) is 5.91 Å². The van der Waals surface area contributed by atoms with Crippen molar-refractivity contribution >= 4 is 23.5 Å². The van der Waals surface area contributed by atoms with Gasteiger partial charge in [-0.25, -0.2) is 0 Å². The molecule has 1 aromatic carbocycles. The summed E-state index contributed by atoms with van der Waals surface area (Å²) in [6.45, 7) is 2.05. The monoisotopic (exact) mass is 358 g/mol. The van der Waals surface area contributed by atoms with E-state index in [9.17, 15) is 19.5 Å². The van der Waals surface area contributed by atoms with Crippen molar-refractivity contribution in [1.29, 1.82) is 0 Å². The molecule has 2 aliphatic rings. The molecule has 2 amide bonds. The standard InChI is InChI=1S/C20H26N2O4/c1-12-11-16(12)19(24)21-14-9-7-13(8-10-14)18(23)22-17-6-4-2-3-5-15(17)20(25)26/h7-10,12,15-17H,2-6,11H2,1H3,(H,21,24)(H,22,23)(H,25,26)/t12?,15-,16?,17+/m1/s1. The van der Waals surface area contributed by atoms with Crippen molar-refractivity contribution in [1.82, 2.24) is 5.32 Å². The number of anilines is 1. The van der Waals surface area contributed by atoms with E-state index >= 15 is 0 Å². The Morgan fingerprint density at radius 3 is 2.27 bits per heavy atom. The van der Waals surface area contributed by atoms with Crippen LogP contribution in [0.1, 0.15) is 55.8 Å². The number of hydrogen-bond donors (Lipinski definition) is 3. The predicted octanol–water partition coefficient (Wildman–Crippen LogP) is 3.04. The van der Waals surface area contributed by atoms with Crippen LogP contribution in [0.3, 0.4) is 0 Å². The van der Waals surface area contributed by atoms with Crippen molar-refractivity contribution in [2.24, 2.45) is 17.8 Å². The third-order valence-electron chi connectivity index (χ3n) is 5.51. The summed E-state index contributed by atoms with van der Waals surface area (Å²) in [7, 11) is 0. The Balaban J connectivity index is 1.60. The summed E-state index contributed by atoms with van der Waals surface area (Å²) in [6.07, 6.45) is 5.04. The molecule has 2 aliphatic carbocycles. The van der Waals surface area contributed by atoms with Gasteiger partial charge in [0, 0.05) is 23.2 Å². The highest BCUT2D eigenvalue weighted by molar-refractivity contribution is 5.97. The van der Waals surface area contributed by atoms with Gasteiger partial charge in [-0.1, -0.05) is 26.2 Å². The smallest absolute Gasteiger partial charge is 0.308 e. The molecule has 6 nitrogen and oxygen atoms in total. The lowest BCUT2D eigenvalue weighted by atomic mass is 9.94. The maximum Gasteiger partial charge on any atom is 0.308 e. The normalized spacial score (nSPS) is 27.9. The molecule has 140 valence electrons. The molecule has 0 heterocycles. The van der Waals surface area contributed by atoms with Crippen molar-refractivity contribution in [2.45, 2.75) is 51.5 Å². The van der Waals surface area contributed by atoms with Gasteiger partial charge in [0.05, 0.1) is 5.92 Å². The highest BCUT2D eigenvalue weighted by atomic mass is 16.4. The van der Waals surface area contributed by atoms with Gasteiger partial charge in [-0.3, -0.25) is 14.4 Å². The Morgan fingerprint density at radius 1 is 1.00 bits per heavy atom. The Kier molecular flexibility index (Phi) is 5.59. The topological polar surface area (TPSA) is 95.5 Å². The first-order valence-electron chi connectivity index (χ1n) is 9.40. The Morgan fingerprint density at radius 2 is 1.65 bits per heavy atom. The van der Waals surface area contributed by atoms with Gasteiger partial charge < -0.3 is 15.7 Å². The van der Waals surface area contributed by atoms with Gasteiger partial charge >= 0.3 is 5.97 Å². The van der Waals surface area contributed by atoms with E-state index in [-0.39, 0.29) is 23.8 Å². The van der Waals surface area contributed by atoms with E-state index in [1.807, 2.05) is 0 Å². The summed E-state index contributed by atoms with van der Waals surface area (Å²) in [5, 5.41) is 15.2. The highest BCUT2D eigenvalue weighted by Crippen LogP contribution is 2.38. The second kappa shape index (κ2) is 7.89. The molecule has 6 heteroatoms. The molecule has 2 fully saturated rings. The van der Waals surface area contributed by atoms with E-state index in [2.05, 4.69) is 17.6 Å². The summed E-state index contributed by atoms with van der Waals surface area (Å²) >= 11 is 0. The van der Waals surface area contributed by atoms with E-state index in [1.165, 1.54) is 0 Å². The number of rotatable bonds is 5. The number of carboxylic acid groups (broad SMARTS) is 1. The van der Waals surface area contributed by atoms with Gasteiger partial charge in [-0.2, -0.15) is 0 Å². The lowest BCUT2D eigenvalue weighted by molar-refractivity contribution is -0.142. The molecule has 26 heavy (non-hydrogen) atoms. The Hall–Kier alpha value is -2.37. The predicted molar refractivity (Wildman–Crippen MR) is 97.8 cm³/mol.